The van der Waals surface area contributed by atoms with Gasteiger partial charge in [0.25, 0.3) is 0 Å². The van der Waals surface area contributed by atoms with E-state index in [0.717, 1.165) is 4.31 Å². The maximum Gasteiger partial charge on any atom is 0.304 e. The summed E-state index contributed by atoms with van der Waals surface area (Å²) in [6, 6.07) is 4.77. The van der Waals surface area contributed by atoms with Crippen molar-refractivity contribution in [3.63, 3.8) is 0 Å². The van der Waals surface area contributed by atoms with Crippen LogP contribution in [0.2, 0.25) is 10.0 Å². The number of carboxylic acids is 1. The van der Waals surface area contributed by atoms with E-state index in [-0.39, 0.29) is 6.54 Å². The summed E-state index contributed by atoms with van der Waals surface area (Å²) >= 11 is 11.7. The third-order valence-corrected chi connectivity index (χ3v) is 4.84. The molecule has 19 heavy (non-hydrogen) atoms. The Kier molecular flexibility index (Phi) is 5.61. The third-order valence-electron chi connectivity index (χ3n) is 2.46. The van der Waals surface area contributed by atoms with Crippen LogP contribution < -0.4 is 0 Å². The van der Waals surface area contributed by atoms with Crippen molar-refractivity contribution in [1.82, 2.24) is 4.31 Å². The molecule has 0 aliphatic carbocycles. The first kappa shape index (κ1) is 16.2. The van der Waals surface area contributed by atoms with E-state index in [1.807, 2.05) is 0 Å². The van der Waals surface area contributed by atoms with Gasteiger partial charge < -0.3 is 5.11 Å². The molecule has 0 radical (unpaired) electrons. The summed E-state index contributed by atoms with van der Waals surface area (Å²) in [5, 5.41) is 9.34. The second-order valence-corrected chi connectivity index (χ2v) is 6.99. The van der Waals surface area contributed by atoms with Crippen LogP contribution in [-0.4, -0.2) is 36.6 Å². The average Bonchev–Trinajstić information content (AvgIpc) is 2.30. The highest BCUT2D eigenvalue weighted by Crippen LogP contribution is 2.22. The van der Waals surface area contributed by atoms with Gasteiger partial charge in [-0.1, -0.05) is 29.3 Å². The molecule has 0 fully saturated rings. The number of sulfonamides is 1. The minimum Gasteiger partial charge on any atom is -0.481 e. The van der Waals surface area contributed by atoms with Gasteiger partial charge in [-0.3, -0.25) is 4.79 Å². The Balaban J connectivity index is 2.78. The summed E-state index contributed by atoms with van der Waals surface area (Å²) in [6.45, 7) is 0.0674. The van der Waals surface area contributed by atoms with Crippen LogP contribution in [0.1, 0.15) is 12.0 Å². The Morgan fingerprint density at radius 1 is 1.37 bits per heavy atom. The maximum atomic E-state index is 11.8. The van der Waals surface area contributed by atoms with Crippen molar-refractivity contribution in [3.05, 3.63) is 33.8 Å². The van der Waals surface area contributed by atoms with Crippen LogP contribution in [0.4, 0.5) is 0 Å². The zero-order valence-electron chi connectivity index (χ0n) is 10.1. The highest BCUT2D eigenvalue weighted by atomic mass is 35.5. The van der Waals surface area contributed by atoms with Crippen molar-refractivity contribution in [2.75, 3.05) is 12.8 Å². The van der Waals surface area contributed by atoms with Crippen LogP contribution in [0.3, 0.4) is 0 Å². The van der Waals surface area contributed by atoms with Crippen LogP contribution in [-0.2, 0) is 21.4 Å². The molecule has 0 atom stereocenters. The molecular formula is C11H13Cl2NO4S. The van der Waals surface area contributed by atoms with Crippen LogP contribution in [0, 0.1) is 0 Å². The molecule has 0 spiro atoms. The number of halogens is 2. The monoisotopic (exact) mass is 325 g/mol. The lowest BCUT2D eigenvalue weighted by molar-refractivity contribution is -0.136. The Hall–Kier alpha value is -0.820. The number of nitrogens with zero attached hydrogens (tertiary/aromatic N) is 1. The Bertz CT molecular complexity index is 574. The average molecular weight is 326 g/mol. The van der Waals surface area contributed by atoms with E-state index >= 15 is 0 Å². The van der Waals surface area contributed by atoms with Gasteiger partial charge in [-0.05, 0) is 17.7 Å². The van der Waals surface area contributed by atoms with E-state index < -0.39 is 28.2 Å². The highest BCUT2D eigenvalue weighted by Gasteiger charge is 2.20. The van der Waals surface area contributed by atoms with Gasteiger partial charge in [0.05, 0.1) is 12.2 Å². The van der Waals surface area contributed by atoms with Crippen molar-refractivity contribution < 1.29 is 18.3 Å². The SMILES string of the molecule is CN(Cc1ccc(Cl)cc1Cl)S(=O)(=O)CCC(=O)O. The molecule has 8 heteroatoms. The highest BCUT2D eigenvalue weighted by molar-refractivity contribution is 7.89. The van der Waals surface area contributed by atoms with Crippen molar-refractivity contribution in [3.8, 4) is 0 Å². The molecule has 5 nitrogen and oxygen atoms in total. The van der Waals surface area contributed by atoms with Gasteiger partial charge in [-0.25, -0.2) is 12.7 Å². The van der Waals surface area contributed by atoms with Crippen LogP contribution >= 0.6 is 23.2 Å². The molecule has 0 unspecified atom stereocenters. The largest absolute Gasteiger partial charge is 0.481 e. The lowest BCUT2D eigenvalue weighted by Gasteiger charge is -2.17. The van der Waals surface area contributed by atoms with E-state index in [0.29, 0.717) is 15.6 Å². The van der Waals surface area contributed by atoms with Crippen LogP contribution in [0.25, 0.3) is 0 Å². The van der Waals surface area contributed by atoms with Gasteiger partial charge in [0.1, 0.15) is 0 Å². The van der Waals surface area contributed by atoms with Gasteiger partial charge in [-0.2, -0.15) is 0 Å². The Morgan fingerprint density at radius 2 is 2.00 bits per heavy atom. The minimum absolute atomic E-state index is 0.0674. The van der Waals surface area contributed by atoms with Gasteiger partial charge in [-0.15, -0.1) is 0 Å². The van der Waals surface area contributed by atoms with Crippen molar-refractivity contribution in [1.29, 1.82) is 0 Å². The minimum atomic E-state index is -3.62. The summed E-state index contributed by atoms with van der Waals surface area (Å²) in [6.07, 6.45) is -0.430. The zero-order valence-corrected chi connectivity index (χ0v) is 12.5. The topological polar surface area (TPSA) is 74.7 Å². The fraction of sp³-hybridized carbons (Fsp3) is 0.364. The second-order valence-electron chi connectivity index (χ2n) is 3.95. The molecule has 1 aromatic rings. The Morgan fingerprint density at radius 3 is 2.53 bits per heavy atom. The fourth-order valence-corrected chi connectivity index (χ4v) is 2.91. The van der Waals surface area contributed by atoms with Crippen molar-refractivity contribution in [2.24, 2.45) is 0 Å². The van der Waals surface area contributed by atoms with Crippen LogP contribution in [0.15, 0.2) is 18.2 Å². The second kappa shape index (κ2) is 6.56. The number of carbonyl (C=O) groups is 1. The Labute approximate surface area is 121 Å². The first-order valence-corrected chi connectivity index (χ1v) is 7.68. The molecule has 106 valence electrons. The normalized spacial score (nSPS) is 11.8. The predicted molar refractivity (Wildman–Crippen MR) is 74.0 cm³/mol. The quantitative estimate of drug-likeness (QED) is 0.870. The van der Waals surface area contributed by atoms with Gasteiger partial charge in [0, 0.05) is 23.6 Å². The summed E-state index contributed by atoms with van der Waals surface area (Å²) < 4.78 is 24.7. The molecule has 0 aliphatic rings. The molecule has 0 saturated carbocycles. The summed E-state index contributed by atoms with van der Waals surface area (Å²) in [5.74, 6) is -1.59. The fourth-order valence-electron chi connectivity index (χ4n) is 1.36. The summed E-state index contributed by atoms with van der Waals surface area (Å²) in [4.78, 5) is 10.4. The van der Waals surface area contributed by atoms with Gasteiger partial charge in [0.15, 0.2) is 0 Å². The van der Waals surface area contributed by atoms with E-state index in [9.17, 15) is 13.2 Å². The first-order chi connectivity index (χ1) is 8.72. The van der Waals surface area contributed by atoms with Gasteiger partial charge in [0.2, 0.25) is 10.0 Å². The number of hydrogen-bond donors (Lipinski definition) is 1. The molecule has 0 saturated heterocycles. The van der Waals surface area contributed by atoms with E-state index in [4.69, 9.17) is 28.3 Å². The molecule has 0 heterocycles. The maximum absolute atomic E-state index is 11.8. The number of hydrogen-bond acceptors (Lipinski definition) is 3. The first-order valence-electron chi connectivity index (χ1n) is 5.32. The van der Waals surface area contributed by atoms with E-state index in [2.05, 4.69) is 0 Å². The lowest BCUT2D eigenvalue weighted by Crippen LogP contribution is -2.29. The van der Waals surface area contributed by atoms with Crippen LogP contribution in [0.5, 0.6) is 0 Å². The number of rotatable bonds is 6. The molecule has 0 aromatic heterocycles. The van der Waals surface area contributed by atoms with Gasteiger partial charge >= 0.3 is 5.97 Å². The lowest BCUT2D eigenvalue weighted by atomic mass is 10.2. The smallest absolute Gasteiger partial charge is 0.304 e. The molecule has 0 amide bonds. The molecule has 1 rings (SSSR count). The van der Waals surface area contributed by atoms with Crippen molar-refractivity contribution in [2.45, 2.75) is 13.0 Å². The van der Waals surface area contributed by atoms with Crippen molar-refractivity contribution >= 4 is 39.2 Å². The molecule has 1 aromatic carbocycles. The molecule has 0 bridgehead atoms. The predicted octanol–water partition coefficient (Wildman–Crippen LogP) is 2.23. The summed E-state index contributed by atoms with van der Waals surface area (Å²) in [5.41, 5.74) is 0.604. The van der Waals surface area contributed by atoms with E-state index in [1.165, 1.54) is 13.1 Å². The molecular weight excluding hydrogens is 313 g/mol. The molecule has 1 N–H and O–H groups in total. The summed E-state index contributed by atoms with van der Waals surface area (Å²) in [7, 11) is -2.24. The molecule has 0 aliphatic heterocycles. The standard InChI is InChI=1S/C11H13Cl2NO4S/c1-14(19(17,18)5-4-11(15)16)7-8-2-3-9(12)6-10(8)13/h2-3,6H,4-5,7H2,1H3,(H,15,16). The van der Waals surface area contributed by atoms with E-state index in [1.54, 1.807) is 12.1 Å². The number of carboxylic acid groups (broad SMARTS) is 1. The number of benzene rings is 1. The third kappa shape index (κ3) is 4.99. The zero-order chi connectivity index (χ0) is 14.6. The number of aliphatic carboxylic acids is 1.